The van der Waals surface area contributed by atoms with E-state index in [9.17, 15) is 19.5 Å². The van der Waals surface area contributed by atoms with Crippen molar-refractivity contribution in [1.82, 2.24) is 10.6 Å². The van der Waals surface area contributed by atoms with E-state index in [1.165, 1.54) is 0 Å². The number of ether oxygens (including phenoxy) is 2. The summed E-state index contributed by atoms with van der Waals surface area (Å²) >= 11 is 0. The summed E-state index contributed by atoms with van der Waals surface area (Å²) in [6.07, 6.45) is -1.67. The predicted molar refractivity (Wildman–Crippen MR) is 122 cm³/mol. The number of fused-ring (bicyclic) bond motifs is 3. The number of carboxylic acids is 1. The molecular formula is C25H28N2O7. The molecule has 2 aromatic carbocycles. The highest BCUT2D eigenvalue weighted by atomic mass is 16.5. The van der Waals surface area contributed by atoms with Crippen LogP contribution < -0.4 is 10.6 Å². The van der Waals surface area contributed by atoms with Gasteiger partial charge < -0.3 is 30.3 Å². The molecule has 2 aliphatic rings. The van der Waals surface area contributed by atoms with Crippen LogP contribution in [0.1, 0.15) is 36.3 Å². The molecule has 1 fully saturated rings. The van der Waals surface area contributed by atoms with Gasteiger partial charge in [0.1, 0.15) is 12.6 Å². The molecule has 0 radical (unpaired) electrons. The molecule has 1 aliphatic carbocycles. The van der Waals surface area contributed by atoms with Crippen molar-refractivity contribution in [3.8, 4) is 11.1 Å². The average Bonchev–Trinajstić information content (AvgIpc) is 3.15. The van der Waals surface area contributed by atoms with Crippen LogP contribution in [0.25, 0.3) is 11.1 Å². The van der Waals surface area contributed by atoms with Crippen LogP contribution in [0.2, 0.25) is 0 Å². The largest absolute Gasteiger partial charge is 0.481 e. The third-order valence-electron chi connectivity index (χ3n) is 6.25. The first-order valence-corrected chi connectivity index (χ1v) is 11.3. The van der Waals surface area contributed by atoms with E-state index in [1.807, 2.05) is 48.5 Å². The molecular weight excluding hydrogens is 440 g/mol. The highest BCUT2D eigenvalue weighted by Gasteiger charge is 2.31. The average molecular weight is 469 g/mol. The fourth-order valence-electron chi connectivity index (χ4n) is 4.49. The van der Waals surface area contributed by atoms with E-state index in [2.05, 4.69) is 10.6 Å². The van der Waals surface area contributed by atoms with Crippen molar-refractivity contribution in [1.29, 1.82) is 0 Å². The van der Waals surface area contributed by atoms with Crippen molar-refractivity contribution >= 4 is 18.0 Å². The van der Waals surface area contributed by atoms with Crippen molar-refractivity contribution in [3.05, 3.63) is 59.7 Å². The van der Waals surface area contributed by atoms with Gasteiger partial charge in [0.15, 0.2) is 0 Å². The minimum atomic E-state index is -1.11. The van der Waals surface area contributed by atoms with E-state index in [0.717, 1.165) is 22.3 Å². The van der Waals surface area contributed by atoms with Crippen LogP contribution in [-0.2, 0) is 19.1 Å². The summed E-state index contributed by atoms with van der Waals surface area (Å²) in [6.45, 7) is 0.567. The number of rotatable bonds is 8. The smallest absolute Gasteiger partial charge is 0.407 e. The van der Waals surface area contributed by atoms with Crippen LogP contribution >= 0.6 is 0 Å². The Morgan fingerprint density at radius 2 is 1.71 bits per heavy atom. The summed E-state index contributed by atoms with van der Waals surface area (Å²) in [6, 6.07) is 14.2. The maximum absolute atomic E-state index is 12.8. The maximum Gasteiger partial charge on any atom is 0.407 e. The van der Waals surface area contributed by atoms with Gasteiger partial charge in [0.2, 0.25) is 5.91 Å². The van der Waals surface area contributed by atoms with E-state index in [-0.39, 0.29) is 32.0 Å². The number of nitrogens with one attached hydrogen (secondary N) is 2. The molecule has 1 saturated heterocycles. The molecule has 0 saturated carbocycles. The molecule has 0 bridgehead atoms. The SMILES string of the molecule is O=C(O)CCC(NC(=O)OCC1c2ccccc2-c2ccccc21)C(=O)NC1CCOCC1O. The van der Waals surface area contributed by atoms with Crippen molar-refractivity contribution in [2.45, 2.75) is 43.4 Å². The normalized spacial score (nSPS) is 20.0. The zero-order valence-corrected chi connectivity index (χ0v) is 18.6. The van der Waals surface area contributed by atoms with Crippen LogP contribution in [0, 0.1) is 0 Å². The highest BCUT2D eigenvalue weighted by Crippen LogP contribution is 2.44. The third kappa shape index (κ3) is 5.37. The molecule has 3 unspecified atom stereocenters. The number of carbonyl (C=O) groups excluding carboxylic acids is 2. The zero-order valence-electron chi connectivity index (χ0n) is 18.6. The van der Waals surface area contributed by atoms with E-state index in [0.29, 0.717) is 13.0 Å². The van der Waals surface area contributed by atoms with E-state index in [4.69, 9.17) is 14.6 Å². The quantitative estimate of drug-likeness (QED) is 0.466. The molecule has 2 amide bonds. The van der Waals surface area contributed by atoms with E-state index < -0.39 is 36.2 Å². The van der Waals surface area contributed by atoms with Gasteiger partial charge in [-0.05, 0) is 35.1 Å². The van der Waals surface area contributed by atoms with E-state index in [1.54, 1.807) is 0 Å². The number of hydrogen-bond acceptors (Lipinski definition) is 6. The van der Waals surface area contributed by atoms with Gasteiger partial charge in [0.25, 0.3) is 0 Å². The molecule has 0 aromatic heterocycles. The lowest BCUT2D eigenvalue weighted by atomic mass is 9.98. The van der Waals surface area contributed by atoms with Gasteiger partial charge in [-0.3, -0.25) is 9.59 Å². The lowest BCUT2D eigenvalue weighted by molar-refractivity contribution is -0.137. The molecule has 34 heavy (non-hydrogen) atoms. The molecule has 4 rings (SSSR count). The van der Waals surface area contributed by atoms with Gasteiger partial charge in [0, 0.05) is 18.9 Å². The Kier molecular flexibility index (Phi) is 7.44. The number of aliphatic hydroxyl groups excluding tert-OH is 1. The van der Waals surface area contributed by atoms with Crippen molar-refractivity contribution in [2.75, 3.05) is 19.8 Å². The summed E-state index contributed by atoms with van der Waals surface area (Å²) in [7, 11) is 0. The van der Waals surface area contributed by atoms with Gasteiger partial charge >= 0.3 is 12.1 Å². The third-order valence-corrected chi connectivity index (χ3v) is 6.25. The lowest BCUT2D eigenvalue weighted by Gasteiger charge is -2.30. The Morgan fingerprint density at radius 3 is 2.32 bits per heavy atom. The topological polar surface area (TPSA) is 134 Å². The lowest BCUT2D eigenvalue weighted by Crippen LogP contribution is -2.55. The number of benzene rings is 2. The maximum atomic E-state index is 12.8. The first kappa shape index (κ1) is 23.7. The Bertz CT molecular complexity index is 1010. The molecule has 9 nitrogen and oxygen atoms in total. The molecule has 0 spiro atoms. The monoisotopic (exact) mass is 468 g/mol. The summed E-state index contributed by atoms with van der Waals surface area (Å²) in [4.78, 5) is 36.4. The van der Waals surface area contributed by atoms with Crippen LogP contribution in [0.4, 0.5) is 4.79 Å². The van der Waals surface area contributed by atoms with Crippen molar-refractivity contribution in [2.24, 2.45) is 0 Å². The summed E-state index contributed by atoms with van der Waals surface area (Å²) in [5.41, 5.74) is 4.32. The number of aliphatic hydroxyl groups is 1. The molecule has 2 aromatic rings. The molecule has 1 aliphatic heterocycles. The Morgan fingerprint density at radius 1 is 1.06 bits per heavy atom. The van der Waals surface area contributed by atoms with Gasteiger partial charge in [0.05, 0.1) is 18.8 Å². The van der Waals surface area contributed by atoms with Gasteiger partial charge in [-0.15, -0.1) is 0 Å². The molecule has 1 heterocycles. The first-order valence-electron chi connectivity index (χ1n) is 11.3. The second-order valence-electron chi connectivity index (χ2n) is 8.50. The minimum Gasteiger partial charge on any atom is -0.481 e. The number of amides is 2. The van der Waals surface area contributed by atoms with Crippen LogP contribution in [0.5, 0.6) is 0 Å². The number of carbonyl (C=O) groups is 3. The second kappa shape index (κ2) is 10.7. The Labute approximate surface area is 197 Å². The number of alkyl carbamates (subject to hydrolysis) is 1. The summed E-state index contributed by atoms with van der Waals surface area (Å²) < 4.78 is 10.7. The van der Waals surface area contributed by atoms with Crippen LogP contribution in [0.3, 0.4) is 0 Å². The zero-order chi connectivity index (χ0) is 24.1. The van der Waals surface area contributed by atoms with Crippen LogP contribution in [0.15, 0.2) is 48.5 Å². The fourth-order valence-corrected chi connectivity index (χ4v) is 4.49. The molecule has 180 valence electrons. The number of carboxylic acid groups (broad SMARTS) is 1. The Hall–Kier alpha value is -3.43. The van der Waals surface area contributed by atoms with Gasteiger partial charge in [-0.2, -0.15) is 0 Å². The molecule has 3 atom stereocenters. The van der Waals surface area contributed by atoms with Crippen molar-refractivity contribution in [3.63, 3.8) is 0 Å². The summed E-state index contributed by atoms with van der Waals surface area (Å²) in [5.74, 6) is -1.79. The minimum absolute atomic E-state index is 0.0752. The standard InChI is InChI=1S/C25H28N2O7/c28-22-14-33-12-11-20(22)26-24(31)21(9-10-23(29)30)27-25(32)34-13-19-17-7-3-1-5-15(17)16-6-2-4-8-18(16)19/h1-8,19-22,28H,9-14H2,(H,26,31)(H,27,32)(H,29,30). The van der Waals surface area contributed by atoms with E-state index >= 15 is 0 Å². The Balaban J connectivity index is 1.40. The van der Waals surface area contributed by atoms with Gasteiger partial charge in [-0.25, -0.2) is 4.79 Å². The summed E-state index contributed by atoms with van der Waals surface area (Å²) in [5, 5.41) is 24.2. The van der Waals surface area contributed by atoms with Crippen LogP contribution in [-0.4, -0.2) is 66.2 Å². The number of aliphatic carboxylic acids is 1. The highest BCUT2D eigenvalue weighted by molar-refractivity contribution is 5.86. The fraction of sp³-hybridized carbons (Fsp3) is 0.400. The molecule has 9 heteroatoms. The first-order chi connectivity index (χ1) is 16.4. The molecule has 4 N–H and O–H groups in total. The second-order valence-corrected chi connectivity index (χ2v) is 8.50. The number of hydrogen-bond donors (Lipinski definition) is 4. The van der Waals surface area contributed by atoms with Crippen molar-refractivity contribution < 1.29 is 34.1 Å². The predicted octanol–water partition coefficient (Wildman–Crippen LogP) is 2.02. The van der Waals surface area contributed by atoms with Gasteiger partial charge in [-0.1, -0.05) is 48.5 Å².